The van der Waals surface area contributed by atoms with Gasteiger partial charge in [-0.05, 0) is 24.1 Å². The SMILES string of the molecule is Cc1c(CN2CCOCC2)cc(N)cc1OC(F)(F)F. The van der Waals surface area contributed by atoms with E-state index in [4.69, 9.17) is 10.5 Å². The maximum Gasteiger partial charge on any atom is 0.573 e. The van der Waals surface area contributed by atoms with Crippen molar-refractivity contribution in [1.29, 1.82) is 0 Å². The molecule has 1 aromatic carbocycles. The number of alkyl halides is 3. The van der Waals surface area contributed by atoms with Gasteiger partial charge in [-0.25, -0.2) is 0 Å². The number of nitrogens with two attached hydrogens (primary N) is 1. The molecular formula is C13H17F3N2O2. The molecule has 0 aromatic heterocycles. The van der Waals surface area contributed by atoms with Crippen molar-refractivity contribution in [3.05, 3.63) is 23.3 Å². The Morgan fingerprint density at radius 3 is 2.55 bits per heavy atom. The van der Waals surface area contributed by atoms with Crippen LogP contribution in [0.4, 0.5) is 18.9 Å². The van der Waals surface area contributed by atoms with Crippen LogP contribution in [-0.4, -0.2) is 37.6 Å². The van der Waals surface area contributed by atoms with Gasteiger partial charge >= 0.3 is 6.36 Å². The van der Waals surface area contributed by atoms with Crippen LogP contribution in [0.1, 0.15) is 11.1 Å². The van der Waals surface area contributed by atoms with Gasteiger partial charge in [-0.2, -0.15) is 0 Å². The highest BCUT2D eigenvalue weighted by molar-refractivity contribution is 5.52. The Hall–Kier alpha value is -1.47. The minimum atomic E-state index is -4.71. The van der Waals surface area contributed by atoms with E-state index in [0.717, 1.165) is 18.7 Å². The van der Waals surface area contributed by atoms with Crippen molar-refractivity contribution in [2.45, 2.75) is 19.8 Å². The number of hydrogen-bond donors (Lipinski definition) is 1. The monoisotopic (exact) mass is 290 g/mol. The highest BCUT2D eigenvalue weighted by Crippen LogP contribution is 2.31. The lowest BCUT2D eigenvalue weighted by Crippen LogP contribution is -2.35. The molecule has 0 unspecified atom stereocenters. The van der Waals surface area contributed by atoms with E-state index in [-0.39, 0.29) is 11.4 Å². The zero-order chi connectivity index (χ0) is 14.8. The predicted octanol–water partition coefficient (Wildman–Crippen LogP) is 2.31. The summed E-state index contributed by atoms with van der Waals surface area (Å²) in [5, 5.41) is 0. The zero-order valence-corrected chi connectivity index (χ0v) is 11.2. The molecule has 0 spiro atoms. The lowest BCUT2D eigenvalue weighted by Gasteiger charge is -2.27. The summed E-state index contributed by atoms with van der Waals surface area (Å²) in [6.45, 7) is 4.92. The van der Waals surface area contributed by atoms with Crippen LogP contribution in [0.25, 0.3) is 0 Å². The van der Waals surface area contributed by atoms with Gasteiger partial charge in [0.2, 0.25) is 0 Å². The summed E-state index contributed by atoms with van der Waals surface area (Å²) in [5.41, 5.74) is 7.13. The second-order valence-corrected chi connectivity index (χ2v) is 4.74. The summed E-state index contributed by atoms with van der Waals surface area (Å²) >= 11 is 0. The number of hydrogen-bond acceptors (Lipinski definition) is 4. The summed E-state index contributed by atoms with van der Waals surface area (Å²) in [4.78, 5) is 2.11. The summed E-state index contributed by atoms with van der Waals surface area (Å²) in [6.07, 6.45) is -4.71. The van der Waals surface area contributed by atoms with Crippen LogP contribution < -0.4 is 10.5 Å². The van der Waals surface area contributed by atoms with Crippen LogP contribution in [0.15, 0.2) is 12.1 Å². The Bertz CT molecular complexity index is 471. The van der Waals surface area contributed by atoms with Gasteiger partial charge in [0.05, 0.1) is 13.2 Å². The van der Waals surface area contributed by atoms with Gasteiger partial charge < -0.3 is 15.2 Å². The van der Waals surface area contributed by atoms with Crippen LogP contribution in [0.3, 0.4) is 0 Å². The second-order valence-electron chi connectivity index (χ2n) is 4.74. The fourth-order valence-corrected chi connectivity index (χ4v) is 2.16. The molecule has 7 heteroatoms. The van der Waals surface area contributed by atoms with E-state index >= 15 is 0 Å². The van der Waals surface area contributed by atoms with Crippen LogP contribution in [0, 0.1) is 6.92 Å². The van der Waals surface area contributed by atoms with Gasteiger partial charge in [0.15, 0.2) is 0 Å². The molecule has 1 fully saturated rings. The molecule has 1 aromatic rings. The first-order chi connectivity index (χ1) is 9.35. The normalized spacial score (nSPS) is 17.2. The van der Waals surface area contributed by atoms with Crippen LogP contribution in [-0.2, 0) is 11.3 Å². The van der Waals surface area contributed by atoms with E-state index in [0.29, 0.717) is 25.3 Å². The third-order valence-electron chi connectivity index (χ3n) is 3.21. The van der Waals surface area contributed by atoms with Gasteiger partial charge in [0.25, 0.3) is 0 Å². The maximum atomic E-state index is 12.4. The number of morpholine rings is 1. The average molecular weight is 290 g/mol. The first kappa shape index (κ1) is 14.9. The fourth-order valence-electron chi connectivity index (χ4n) is 2.16. The molecule has 0 saturated carbocycles. The van der Waals surface area contributed by atoms with E-state index in [1.807, 2.05) is 0 Å². The van der Waals surface area contributed by atoms with Crippen molar-refractivity contribution in [3.8, 4) is 5.75 Å². The first-order valence-electron chi connectivity index (χ1n) is 6.30. The van der Waals surface area contributed by atoms with E-state index in [1.165, 1.54) is 6.07 Å². The number of nitrogens with zero attached hydrogens (tertiary/aromatic N) is 1. The lowest BCUT2D eigenvalue weighted by atomic mass is 10.1. The second kappa shape index (κ2) is 5.88. The molecule has 1 saturated heterocycles. The Labute approximate surface area is 115 Å². The first-order valence-corrected chi connectivity index (χ1v) is 6.30. The molecule has 4 nitrogen and oxygen atoms in total. The van der Waals surface area contributed by atoms with Crippen molar-refractivity contribution in [3.63, 3.8) is 0 Å². The van der Waals surface area contributed by atoms with Crippen molar-refractivity contribution in [2.75, 3.05) is 32.0 Å². The molecule has 0 amide bonds. The zero-order valence-electron chi connectivity index (χ0n) is 11.2. The van der Waals surface area contributed by atoms with E-state index in [9.17, 15) is 13.2 Å². The summed E-state index contributed by atoms with van der Waals surface area (Å²) in [6, 6.07) is 2.89. The number of nitrogen functional groups attached to an aromatic ring is 1. The molecule has 0 bridgehead atoms. The highest BCUT2D eigenvalue weighted by atomic mass is 19.4. The number of ether oxygens (including phenoxy) is 2. The van der Waals surface area contributed by atoms with Crippen LogP contribution in [0.2, 0.25) is 0 Å². The minimum absolute atomic E-state index is 0.235. The van der Waals surface area contributed by atoms with E-state index in [2.05, 4.69) is 9.64 Å². The predicted molar refractivity (Wildman–Crippen MR) is 68.4 cm³/mol. The Kier molecular flexibility index (Phi) is 4.39. The third kappa shape index (κ3) is 4.01. The van der Waals surface area contributed by atoms with Gasteiger partial charge in [-0.3, -0.25) is 4.90 Å². The summed E-state index contributed by atoms with van der Waals surface area (Å²) in [7, 11) is 0. The quantitative estimate of drug-likeness (QED) is 0.868. The number of rotatable bonds is 3. The standard InChI is InChI=1S/C13H17F3N2O2/c1-9-10(8-18-2-4-19-5-3-18)6-11(17)7-12(9)20-13(14,15)16/h6-7H,2-5,8,17H2,1H3. The van der Waals surface area contributed by atoms with Crippen molar-refractivity contribution in [1.82, 2.24) is 4.90 Å². The maximum absolute atomic E-state index is 12.4. The van der Waals surface area contributed by atoms with Crippen molar-refractivity contribution in [2.24, 2.45) is 0 Å². The van der Waals surface area contributed by atoms with Crippen LogP contribution in [0.5, 0.6) is 5.75 Å². The molecule has 0 atom stereocenters. The Morgan fingerprint density at radius 1 is 1.30 bits per heavy atom. The summed E-state index contributed by atoms with van der Waals surface area (Å²) in [5.74, 6) is -0.235. The molecule has 1 aliphatic heterocycles. The van der Waals surface area contributed by atoms with Gasteiger partial charge in [0.1, 0.15) is 5.75 Å². The molecule has 2 rings (SSSR count). The molecule has 1 heterocycles. The summed E-state index contributed by atoms with van der Waals surface area (Å²) < 4.78 is 46.3. The van der Waals surface area contributed by atoms with Gasteiger partial charge in [-0.1, -0.05) is 0 Å². The van der Waals surface area contributed by atoms with Gasteiger partial charge in [0, 0.05) is 31.4 Å². The van der Waals surface area contributed by atoms with E-state index < -0.39 is 6.36 Å². The molecule has 112 valence electrons. The lowest BCUT2D eigenvalue weighted by molar-refractivity contribution is -0.274. The number of halogens is 3. The largest absolute Gasteiger partial charge is 0.573 e. The molecule has 0 radical (unpaired) electrons. The van der Waals surface area contributed by atoms with Crippen molar-refractivity contribution >= 4 is 5.69 Å². The number of anilines is 1. The molecular weight excluding hydrogens is 273 g/mol. The third-order valence-corrected chi connectivity index (χ3v) is 3.21. The topological polar surface area (TPSA) is 47.7 Å². The fraction of sp³-hybridized carbons (Fsp3) is 0.538. The molecule has 0 aliphatic carbocycles. The van der Waals surface area contributed by atoms with Crippen molar-refractivity contribution < 1.29 is 22.6 Å². The van der Waals surface area contributed by atoms with Crippen LogP contribution >= 0.6 is 0 Å². The Morgan fingerprint density at radius 2 is 1.95 bits per heavy atom. The smallest absolute Gasteiger partial charge is 0.405 e. The molecule has 20 heavy (non-hydrogen) atoms. The highest BCUT2D eigenvalue weighted by Gasteiger charge is 2.32. The average Bonchev–Trinajstić information content (AvgIpc) is 2.34. The molecule has 1 aliphatic rings. The van der Waals surface area contributed by atoms with Gasteiger partial charge in [-0.15, -0.1) is 13.2 Å². The Balaban J connectivity index is 2.19. The number of benzene rings is 1. The molecule has 2 N–H and O–H groups in total. The van der Waals surface area contributed by atoms with E-state index in [1.54, 1.807) is 13.0 Å². The minimum Gasteiger partial charge on any atom is -0.405 e.